The van der Waals surface area contributed by atoms with Gasteiger partial charge in [-0.15, -0.1) is 0 Å². The van der Waals surface area contributed by atoms with E-state index in [0.717, 1.165) is 8.95 Å². The van der Waals surface area contributed by atoms with Crippen molar-refractivity contribution in [1.29, 1.82) is 0 Å². The van der Waals surface area contributed by atoms with E-state index in [0.29, 0.717) is 30.3 Å². The van der Waals surface area contributed by atoms with Gasteiger partial charge in [-0.3, -0.25) is 0 Å². The SMILES string of the molecule is COc1ccccc1OCCNC(=O)Nc1ccc(Br)cc1Br. The second-order valence-electron chi connectivity index (χ2n) is 4.50. The molecule has 23 heavy (non-hydrogen) atoms. The molecular weight excluding hydrogens is 428 g/mol. The first-order valence-electron chi connectivity index (χ1n) is 6.86. The van der Waals surface area contributed by atoms with E-state index in [-0.39, 0.29) is 6.03 Å². The Morgan fingerprint density at radius 2 is 1.87 bits per heavy atom. The zero-order chi connectivity index (χ0) is 16.7. The van der Waals surface area contributed by atoms with Crippen LogP contribution in [0.1, 0.15) is 0 Å². The number of hydrogen-bond acceptors (Lipinski definition) is 3. The number of para-hydroxylation sites is 2. The fraction of sp³-hybridized carbons (Fsp3) is 0.188. The third-order valence-electron chi connectivity index (χ3n) is 2.89. The van der Waals surface area contributed by atoms with Crippen LogP contribution in [-0.4, -0.2) is 26.3 Å². The molecule has 0 aliphatic carbocycles. The molecule has 0 atom stereocenters. The van der Waals surface area contributed by atoms with Gasteiger partial charge in [0, 0.05) is 8.95 Å². The fourth-order valence-corrected chi connectivity index (χ4v) is 2.97. The molecule has 0 fully saturated rings. The second kappa shape index (κ2) is 8.79. The molecule has 2 aromatic rings. The number of benzene rings is 2. The van der Waals surface area contributed by atoms with Crippen LogP contribution >= 0.6 is 31.9 Å². The summed E-state index contributed by atoms with van der Waals surface area (Å²) in [5.41, 5.74) is 0.691. The van der Waals surface area contributed by atoms with Crippen LogP contribution in [0.25, 0.3) is 0 Å². The predicted octanol–water partition coefficient (Wildman–Crippen LogP) is 4.42. The van der Waals surface area contributed by atoms with Gasteiger partial charge >= 0.3 is 6.03 Å². The Hall–Kier alpha value is -1.73. The Morgan fingerprint density at radius 1 is 1.13 bits per heavy atom. The molecule has 0 bridgehead atoms. The normalized spacial score (nSPS) is 10.0. The summed E-state index contributed by atoms with van der Waals surface area (Å²) in [7, 11) is 1.59. The Kier molecular flexibility index (Phi) is 6.73. The largest absolute Gasteiger partial charge is 0.493 e. The van der Waals surface area contributed by atoms with Crippen molar-refractivity contribution < 1.29 is 14.3 Å². The molecule has 2 rings (SSSR count). The number of hydrogen-bond donors (Lipinski definition) is 2. The highest BCUT2D eigenvalue weighted by Gasteiger charge is 2.06. The second-order valence-corrected chi connectivity index (χ2v) is 6.27. The van der Waals surface area contributed by atoms with Gasteiger partial charge in [0.05, 0.1) is 19.3 Å². The van der Waals surface area contributed by atoms with Crippen LogP contribution in [0.2, 0.25) is 0 Å². The third kappa shape index (κ3) is 5.44. The maximum atomic E-state index is 11.8. The average Bonchev–Trinajstić information content (AvgIpc) is 2.54. The number of amides is 2. The highest BCUT2D eigenvalue weighted by molar-refractivity contribution is 9.11. The molecule has 5 nitrogen and oxygen atoms in total. The summed E-state index contributed by atoms with van der Waals surface area (Å²) in [5.74, 6) is 1.31. The molecule has 2 amide bonds. The molecule has 0 saturated carbocycles. The molecule has 0 aliphatic heterocycles. The standard InChI is InChI=1S/C16H16Br2N2O3/c1-22-14-4-2-3-5-15(14)23-9-8-19-16(21)20-13-7-6-11(17)10-12(13)18/h2-7,10H,8-9H2,1H3,(H2,19,20,21). The topological polar surface area (TPSA) is 59.6 Å². The minimum atomic E-state index is -0.295. The lowest BCUT2D eigenvalue weighted by molar-refractivity contribution is 0.246. The highest BCUT2D eigenvalue weighted by Crippen LogP contribution is 2.26. The van der Waals surface area contributed by atoms with Crippen LogP contribution in [0.15, 0.2) is 51.4 Å². The highest BCUT2D eigenvalue weighted by atomic mass is 79.9. The van der Waals surface area contributed by atoms with Crippen molar-refractivity contribution in [2.24, 2.45) is 0 Å². The van der Waals surface area contributed by atoms with E-state index in [1.807, 2.05) is 36.4 Å². The Balaban J connectivity index is 1.76. The first-order valence-corrected chi connectivity index (χ1v) is 8.44. The lowest BCUT2D eigenvalue weighted by Gasteiger charge is -2.12. The van der Waals surface area contributed by atoms with E-state index >= 15 is 0 Å². The first-order chi connectivity index (χ1) is 11.1. The van der Waals surface area contributed by atoms with E-state index in [1.165, 1.54) is 0 Å². The van der Waals surface area contributed by atoms with E-state index in [9.17, 15) is 4.79 Å². The van der Waals surface area contributed by atoms with Crippen molar-refractivity contribution in [1.82, 2.24) is 5.32 Å². The van der Waals surface area contributed by atoms with E-state index in [1.54, 1.807) is 13.2 Å². The summed E-state index contributed by atoms with van der Waals surface area (Å²) in [6.07, 6.45) is 0. The monoisotopic (exact) mass is 442 g/mol. The molecule has 0 radical (unpaired) electrons. The average molecular weight is 444 g/mol. The zero-order valence-electron chi connectivity index (χ0n) is 12.4. The van der Waals surface area contributed by atoms with Gasteiger partial charge in [0.15, 0.2) is 11.5 Å². The summed E-state index contributed by atoms with van der Waals surface area (Å²) in [6, 6.07) is 12.6. The van der Waals surface area contributed by atoms with Gasteiger partial charge < -0.3 is 20.1 Å². The maximum Gasteiger partial charge on any atom is 0.319 e. The summed E-state index contributed by atoms with van der Waals surface area (Å²) in [5, 5.41) is 5.49. The summed E-state index contributed by atoms with van der Waals surface area (Å²) < 4.78 is 12.5. The molecule has 0 unspecified atom stereocenters. The van der Waals surface area contributed by atoms with Crippen LogP contribution in [0.3, 0.4) is 0 Å². The smallest absolute Gasteiger partial charge is 0.319 e. The van der Waals surface area contributed by atoms with Gasteiger partial charge in [-0.1, -0.05) is 28.1 Å². The van der Waals surface area contributed by atoms with E-state index in [2.05, 4.69) is 42.5 Å². The number of nitrogens with one attached hydrogen (secondary N) is 2. The van der Waals surface area contributed by atoms with Crippen LogP contribution in [-0.2, 0) is 0 Å². The van der Waals surface area contributed by atoms with Crippen LogP contribution < -0.4 is 20.1 Å². The predicted molar refractivity (Wildman–Crippen MR) is 97.4 cm³/mol. The summed E-state index contributed by atoms with van der Waals surface area (Å²) in [6.45, 7) is 0.716. The number of anilines is 1. The van der Waals surface area contributed by atoms with Gasteiger partial charge in [0.2, 0.25) is 0 Å². The van der Waals surface area contributed by atoms with Crippen LogP contribution in [0.5, 0.6) is 11.5 Å². The van der Waals surface area contributed by atoms with Crippen molar-refractivity contribution >= 4 is 43.6 Å². The van der Waals surface area contributed by atoms with Crippen molar-refractivity contribution in [3.05, 3.63) is 51.4 Å². The van der Waals surface area contributed by atoms with Gasteiger partial charge in [0.1, 0.15) is 6.61 Å². The van der Waals surface area contributed by atoms with Gasteiger partial charge in [0.25, 0.3) is 0 Å². The zero-order valence-corrected chi connectivity index (χ0v) is 15.6. The maximum absolute atomic E-state index is 11.8. The van der Waals surface area contributed by atoms with E-state index < -0.39 is 0 Å². The third-order valence-corrected chi connectivity index (χ3v) is 4.04. The summed E-state index contributed by atoms with van der Waals surface area (Å²) >= 11 is 6.76. The van der Waals surface area contributed by atoms with E-state index in [4.69, 9.17) is 9.47 Å². The molecule has 2 N–H and O–H groups in total. The Bertz CT molecular complexity index is 680. The molecule has 7 heteroatoms. The van der Waals surface area contributed by atoms with Gasteiger partial charge in [-0.2, -0.15) is 0 Å². The Morgan fingerprint density at radius 3 is 2.57 bits per heavy atom. The molecule has 0 heterocycles. The quantitative estimate of drug-likeness (QED) is 0.649. The first kappa shape index (κ1) is 17.6. The number of rotatable bonds is 6. The van der Waals surface area contributed by atoms with Crippen LogP contribution in [0.4, 0.5) is 10.5 Å². The molecule has 2 aromatic carbocycles. The lowest BCUT2D eigenvalue weighted by atomic mass is 10.3. The van der Waals surface area contributed by atoms with Crippen molar-refractivity contribution in [2.45, 2.75) is 0 Å². The van der Waals surface area contributed by atoms with Crippen molar-refractivity contribution in [2.75, 3.05) is 25.6 Å². The minimum absolute atomic E-state index is 0.295. The van der Waals surface area contributed by atoms with Gasteiger partial charge in [-0.05, 0) is 46.3 Å². The summed E-state index contributed by atoms with van der Waals surface area (Å²) in [4.78, 5) is 11.8. The van der Waals surface area contributed by atoms with Crippen molar-refractivity contribution in [3.63, 3.8) is 0 Å². The molecule has 0 saturated heterocycles. The molecular formula is C16H16Br2N2O3. The Labute approximate surface area is 151 Å². The molecule has 122 valence electrons. The number of carbonyl (C=O) groups excluding carboxylic acids is 1. The van der Waals surface area contributed by atoms with Crippen LogP contribution in [0, 0.1) is 0 Å². The lowest BCUT2D eigenvalue weighted by Crippen LogP contribution is -2.32. The molecule has 0 spiro atoms. The molecule has 0 aliphatic rings. The fourth-order valence-electron chi connectivity index (χ4n) is 1.82. The number of ether oxygens (including phenoxy) is 2. The minimum Gasteiger partial charge on any atom is -0.493 e. The number of halogens is 2. The van der Waals surface area contributed by atoms with Crippen molar-refractivity contribution in [3.8, 4) is 11.5 Å². The number of carbonyl (C=O) groups is 1. The van der Waals surface area contributed by atoms with Gasteiger partial charge in [-0.25, -0.2) is 4.79 Å². The molecule has 0 aromatic heterocycles. The number of methoxy groups -OCH3 is 1. The number of urea groups is 1.